The van der Waals surface area contributed by atoms with Gasteiger partial charge in [0.1, 0.15) is 11.9 Å². The maximum atomic E-state index is 13.3. The van der Waals surface area contributed by atoms with Gasteiger partial charge in [-0.3, -0.25) is 0 Å². The first kappa shape index (κ1) is 14.0. The molecule has 0 radical (unpaired) electrons. The van der Waals surface area contributed by atoms with Crippen LogP contribution >= 0.6 is 11.6 Å². The van der Waals surface area contributed by atoms with Crippen molar-refractivity contribution in [1.29, 1.82) is 0 Å². The topological polar surface area (TPSA) is 20.2 Å². The van der Waals surface area contributed by atoms with Crippen LogP contribution in [-0.2, 0) is 0 Å². The van der Waals surface area contributed by atoms with E-state index in [9.17, 15) is 9.50 Å². The molecule has 0 aromatic heterocycles. The Morgan fingerprint density at radius 3 is 2.32 bits per heavy atom. The van der Waals surface area contributed by atoms with Crippen molar-refractivity contribution in [3.63, 3.8) is 0 Å². The van der Waals surface area contributed by atoms with Gasteiger partial charge in [-0.25, -0.2) is 4.39 Å². The summed E-state index contributed by atoms with van der Waals surface area (Å²) in [7, 11) is 0. The van der Waals surface area contributed by atoms with Crippen LogP contribution in [0, 0.1) is 26.6 Å². The molecule has 0 amide bonds. The van der Waals surface area contributed by atoms with Crippen molar-refractivity contribution in [3.8, 4) is 0 Å². The van der Waals surface area contributed by atoms with Crippen LogP contribution < -0.4 is 0 Å². The summed E-state index contributed by atoms with van der Waals surface area (Å²) in [5, 5.41) is 11.1. The molecule has 19 heavy (non-hydrogen) atoms. The van der Waals surface area contributed by atoms with Gasteiger partial charge in [-0.2, -0.15) is 0 Å². The predicted molar refractivity (Wildman–Crippen MR) is 76.1 cm³/mol. The molecule has 1 N–H and O–H groups in total. The Morgan fingerprint density at radius 2 is 1.68 bits per heavy atom. The Morgan fingerprint density at radius 1 is 1.00 bits per heavy atom. The van der Waals surface area contributed by atoms with E-state index in [1.54, 1.807) is 19.1 Å². The summed E-state index contributed by atoms with van der Waals surface area (Å²) in [5.41, 5.74) is 3.85. The van der Waals surface area contributed by atoms with Gasteiger partial charge in [0.05, 0.1) is 0 Å². The average Bonchev–Trinajstić information content (AvgIpc) is 2.36. The van der Waals surface area contributed by atoms with Gasteiger partial charge in [0, 0.05) is 5.02 Å². The van der Waals surface area contributed by atoms with Gasteiger partial charge in [-0.05, 0) is 60.7 Å². The zero-order valence-corrected chi connectivity index (χ0v) is 11.9. The zero-order chi connectivity index (χ0) is 14.2. The molecule has 0 saturated heterocycles. The second-order valence-corrected chi connectivity index (χ2v) is 5.28. The van der Waals surface area contributed by atoms with E-state index < -0.39 is 6.10 Å². The molecule has 100 valence electrons. The first-order valence-corrected chi connectivity index (χ1v) is 6.48. The molecule has 2 aromatic rings. The Hall–Kier alpha value is -1.38. The quantitative estimate of drug-likeness (QED) is 0.858. The van der Waals surface area contributed by atoms with Crippen molar-refractivity contribution in [2.24, 2.45) is 0 Å². The van der Waals surface area contributed by atoms with E-state index in [0.29, 0.717) is 16.1 Å². The number of hydrogen-bond acceptors (Lipinski definition) is 1. The third kappa shape index (κ3) is 2.80. The van der Waals surface area contributed by atoms with E-state index >= 15 is 0 Å². The Balaban J connectivity index is 2.46. The second kappa shape index (κ2) is 5.32. The maximum absolute atomic E-state index is 13.3. The van der Waals surface area contributed by atoms with Crippen molar-refractivity contribution in [2.75, 3.05) is 0 Å². The van der Waals surface area contributed by atoms with Crippen LogP contribution in [0.15, 0.2) is 30.3 Å². The molecular weight excluding hydrogens is 263 g/mol. The lowest BCUT2D eigenvalue weighted by Gasteiger charge is -2.16. The van der Waals surface area contributed by atoms with Crippen molar-refractivity contribution in [2.45, 2.75) is 26.9 Å². The highest BCUT2D eigenvalue weighted by molar-refractivity contribution is 6.31. The predicted octanol–water partition coefficient (Wildman–Crippen LogP) is 4.49. The molecule has 0 bridgehead atoms. The van der Waals surface area contributed by atoms with Crippen LogP contribution in [-0.4, -0.2) is 5.11 Å². The molecule has 0 fully saturated rings. The molecule has 3 heteroatoms. The molecular formula is C16H16ClFO. The second-order valence-electron chi connectivity index (χ2n) is 4.87. The summed E-state index contributed by atoms with van der Waals surface area (Å²) in [6.45, 7) is 5.49. The average molecular weight is 279 g/mol. The first-order valence-electron chi connectivity index (χ1n) is 6.11. The molecule has 0 aliphatic heterocycles. The molecule has 0 heterocycles. The van der Waals surface area contributed by atoms with Crippen LogP contribution in [0.5, 0.6) is 0 Å². The standard InChI is InChI=1S/C16H16ClFO/c1-9-8-14(17)10(2)7-13(9)16(19)12-4-5-15(18)11(3)6-12/h4-8,16,19H,1-3H3. The van der Waals surface area contributed by atoms with E-state index in [4.69, 9.17) is 11.6 Å². The third-order valence-corrected chi connectivity index (χ3v) is 3.75. The van der Waals surface area contributed by atoms with E-state index in [1.165, 1.54) is 6.07 Å². The summed E-state index contributed by atoms with van der Waals surface area (Å²) in [4.78, 5) is 0. The molecule has 0 aliphatic carbocycles. The number of halogens is 2. The van der Waals surface area contributed by atoms with Gasteiger partial charge in [0.2, 0.25) is 0 Å². The molecule has 2 rings (SSSR count). The number of aliphatic hydroxyl groups is 1. The third-order valence-electron chi connectivity index (χ3n) is 3.34. The number of aliphatic hydroxyl groups excluding tert-OH is 1. The van der Waals surface area contributed by atoms with Crippen molar-refractivity contribution >= 4 is 11.6 Å². The van der Waals surface area contributed by atoms with Crippen LogP contribution in [0.1, 0.15) is 33.9 Å². The van der Waals surface area contributed by atoms with Gasteiger partial charge < -0.3 is 5.11 Å². The highest BCUT2D eigenvalue weighted by Gasteiger charge is 2.15. The van der Waals surface area contributed by atoms with Crippen molar-refractivity contribution < 1.29 is 9.50 Å². The van der Waals surface area contributed by atoms with E-state index in [1.807, 2.05) is 26.0 Å². The van der Waals surface area contributed by atoms with Gasteiger partial charge in [0.15, 0.2) is 0 Å². The number of aryl methyl sites for hydroxylation is 3. The molecule has 1 nitrogen and oxygen atoms in total. The minimum atomic E-state index is -0.768. The van der Waals surface area contributed by atoms with Gasteiger partial charge >= 0.3 is 0 Å². The minimum absolute atomic E-state index is 0.264. The van der Waals surface area contributed by atoms with Crippen LogP contribution in [0.3, 0.4) is 0 Å². The van der Waals surface area contributed by atoms with Crippen LogP contribution in [0.25, 0.3) is 0 Å². The fourth-order valence-corrected chi connectivity index (χ4v) is 2.33. The van der Waals surface area contributed by atoms with Crippen molar-refractivity contribution in [1.82, 2.24) is 0 Å². The number of hydrogen-bond donors (Lipinski definition) is 1. The van der Waals surface area contributed by atoms with Crippen LogP contribution in [0.2, 0.25) is 5.02 Å². The van der Waals surface area contributed by atoms with E-state index in [-0.39, 0.29) is 5.82 Å². The fraction of sp³-hybridized carbons (Fsp3) is 0.250. The van der Waals surface area contributed by atoms with Gasteiger partial charge in [-0.15, -0.1) is 0 Å². The van der Waals surface area contributed by atoms with E-state index in [0.717, 1.165) is 16.7 Å². The Kier molecular flexibility index (Phi) is 3.93. The molecule has 0 spiro atoms. The SMILES string of the molecule is Cc1cc(C(O)c2cc(C)c(Cl)cc2C)ccc1F. The lowest BCUT2D eigenvalue weighted by Crippen LogP contribution is -2.03. The smallest absolute Gasteiger partial charge is 0.126 e. The van der Waals surface area contributed by atoms with E-state index in [2.05, 4.69) is 0 Å². The summed E-state index contributed by atoms with van der Waals surface area (Å²) in [5.74, 6) is -0.264. The Bertz CT molecular complexity index is 622. The minimum Gasteiger partial charge on any atom is -0.384 e. The highest BCUT2D eigenvalue weighted by Crippen LogP contribution is 2.29. The largest absolute Gasteiger partial charge is 0.384 e. The number of benzene rings is 2. The monoisotopic (exact) mass is 278 g/mol. The van der Waals surface area contributed by atoms with Crippen LogP contribution in [0.4, 0.5) is 4.39 Å². The molecule has 1 unspecified atom stereocenters. The van der Waals surface area contributed by atoms with Gasteiger partial charge in [-0.1, -0.05) is 29.8 Å². The lowest BCUT2D eigenvalue weighted by molar-refractivity contribution is 0.219. The summed E-state index contributed by atoms with van der Waals surface area (Å²) in [6.07, 6.45) is -0.768. The first-order chi connectivity index (χ1) is 8.90. The fourth-order valence-electron chi connectivity index (χ4n) is 2.12. The normalized spacial score (nSPS) is 12.5. The van der Waals surface area contributed by atoms with Crippen molar-refractivity contribution in [3.05, 3.63) is 69.0 Å². The summed E-state index contributed by atoms with van der Waals surface area (Å²) >= 11 is 6.05. The summed E-state index contributed by atoms with van der Waals surface area (Å²) < 4.78 is 13.3. The molecule has 2 aromatic carbocycles. The Labute approximate surface area is 117 Å². The highest BCUT2D eigenvalue weighted by atomic mass is 35.5. The maximum Gasteiger partial charge on any atom is 0.126 e. The molecule has 1 atom stereocenters. The zero-order valence-electron chi connectivity index (χ0n) is 11.2. The molecule has 0 aliphatic rings. The molecule has 0 saturated carbocycles. The summed E-state index contributed by atoms with van der Waals surface area (Å²) in [6, 6.07) is 8.37. The lowest BCUT2D eigenvalue weighted by atomic mass is 9.95. The number of rotatable bonds is 2. The van der Waals surface area contributed by atoms with Gasteiger partial charge in [0.25, 0.3) is 0 Å².